The predicted molar refractivity (Wildman–Crippen MR) is 68.6 cm³/mol. The van der Waals surface area contributed by atoms with E-state index in [1.807, 2.05) is 0 Å². The van der Waals surface area contributed by atoms with Crippen molar-refractivity contribution in [2.24, 2.45) is 17.6 Å². The molecule has 1 heterocycles. The highest BCUT2D eigenvalue weighted by Crippen LogP contribution is 2.23. The third-order valence-electron chi connectivity index (χ3n) is 3.88. The second-order valence-electron chi connectivity index (χ2n) is 5.39. The Labute approximate surface area is 104 Å². The van der Waals surface area contributed by atoms with Gasteiger partial charge in [0.25, 0.3) is 0 Å². The molecule has 0 radical (unpaired) electrons. The van der Waals surface area contributed by atoms with Crippen LogP contribution in [0, 0.1) is 11.8 Å². The lowest BCUT2D eigenvalue weighted by molar-refractivity contribution is -0.132. The Bertz CT molecular complexity index is 258. The van der Waals surface area contributed by atoms with Crippen LogP contribution in [0.1, 0.15) is 40.0 Å². The molecule has 0 aromatic rings. The molecular formula is C13H26N2O2. The summed E-state index contributed by atoms with van der Waals surface area (Å²) in [6, 6.07) is 0. The quantitative estimate of drug-likeness (QED) is 0.763. The second kappa shape index (κ2) is 6.36. The Morgan fingerprint density at radius 3 is 2.82 bits per heavy atom. The molecule has 17 heavy (non-hydrogen) atoms. The van der Waals surface area contributed by atoms with E-state index in [-0.39, 0.29) is 17.4 Å². The van der Waals surface area contributed by atoms with Gasteiger partial charge in [-0.3, -0.25) is 4.79 Å². The molecule has 0 aromatic carbocycles. The zero-order valence-corrected chi connectivity index (χ0v) is 11.3. The first-order valence-corrected chi connectivity index (χ1v) is 6.62. The standard InChI is InChI=1S/C13H26N2O2/c1-4-13(3,6-7-14)15-12(16)11-5-8-17-9-10(11)2/h10-11H,4-9,14H2,1-3H3,(H,15,16). The summed E-state index contributed by atoms with van der Waals surface area (Å²) in [7, 11) is 0. The van der Waals surface area contributed by atoms with Gasteiger partial charge in [0, 0.05) is 24.7 Å². The zero-order chi connectivity index (χ0) is 12.9. The molecule has 0 aromatic heterocycles. The van der Waals surface area contributed by atoms with Gasteiger partial charge in [-0.25, -0.2) is 0 Å². The molecule has 1 saturated heterocycles. The number of ether oxygens (including phenoxy) is 1. The smallest absolute Gasteiger partial charge is 0.223 e. The van der Waals surface area contributed by atoms with Gasteiger partial charge in [0.1, 0.15) is 0 Å². The Balaban J connectivity index is 2.57. The largest absolute Gasteiger partial charge is 0.381 e. The van der Waals surface area contributed by atoms with E-state index >= 15 is 0 Å². The number of carbonyl (C=O) groups is 1. The van der Waals surface area contributed by atoms with Crippen molar-refractivity contribution in [1.29, 1.82) is 0 Å². The van der Waals surface area contributed by atoms with E-state index in [0.29, 0.717) is 25.7 Å². The van der Waals surface area contributed by atoms with Crippen LogP contribution in [0.2, 0.25) is 0 Å². The van der Waals surface area contributed by atoms with Crippen LogP contribution in [0.3, 0.4) is 0 Å². The summed E-state index contributed by atoms with van der Waals surface area (Å²) >= 11 is 0. The lowest BCUT2D eigenvalue weighted by atomic mass is 9.87. The number of amides is 1. The van der Waals surface area contributed by atoms with Crippen molar-refractivity contribution in [3.63, 3.8) is 0 Å². The third kappa shape index (κ3) is 3.96. The normalized spacial score (nSPS) is 28.5. The predicted octanol–water partition coefficient (Wildman–Crippen LogP) is 1.29. The number of nitrogens with one attached hydrogen (secondary N) is 1. The Morgan fingerprint density at radius 1 is 1.59 bits per heavy atom. The fourth-order valence-electron chi connectivity index (χ4n) is 2.31. The molecule has 1 fully saturated rings. The number of hydrogen-bond acceptors (Lipinski definition) is 3. The van der Waals surface area contributed by atoms with Crippen molar-refractivity contribution in [2.75, 3.05) is 19.8 Å². The number of carbonyl (C=O) groups excluding carboxylic acids is 1. The molecule has 1 rings (SSSR count). The van der Waals surface area contributed by atoms with Gasteiger partial charge in [-0.2, -0.15) is 0 Å². The minimum atomic E-state index is -0.163. The maximum absolute atomic E-state index is 12.3. The maximum Gasteiger partial charge on any atom is 0.223 e. The summed E-state index contributed by atoms with van der Waals surface area (Å²) in [6.07, 6.45) is 2.57. The summed E-state index contributed by atoms with van der Waals surface area (Å²) in [5, 5.41) is 3.17. The van der Waals surface area contributed by atoms with Crippen LogP contribution in [-0.4, -0.2) is 31.2 Å². The van der Waals surface area contributed by atoms with Crippen molar-refractivity contribution in [3.8, 4) is 0 Å². The molecule has 0 aliphatic carbocycles. The molecule has 4 nitrogen and oxygen atoms in total. The van der Waals surface area contributed by atoms with Gasteiger partial charge < -0.3 is 15.8 Å². The Morgan fingerprint density at radius 2 is 2.29 bits per heavy atom. The Hall–Kier alpha value is -0.610. The molecule has 0 bridgehead atoms. The van der Waals surface area contributed by atoms with Gasteiger partial charge in [-0.15, -0.1) is 0 Å². The van der Waals surface area contributed by atoms with Crippen LogP contribution in [0.25, 0.3) is 0 Å². The fraction of sp³-hybridized carbons (Fsp3) is 0.923. The Kier molecular flexibility index (Phi) is 5.40. The summed E-state index contributed by atoms with van der Waals surface area (Å²) in [5.41, 5.74) is 5.44. The van der Waals surface area contributed by atoms with E-state index in [1.54, 1.807) is 0 Å². The van der Waals surface area contributed by atoms with Crippen molar-refractivity contribution >= 4 is 5.91 Å². The average molecular weight is 242 g/mol. The van der Waals surface area contributed by atoms with Crippen LogP contribution < -0.4 is 11.1 Å². The summed E-state index contributed by atoms with van der Waals surface area (Å²) in [4.78, 5) is 12.3. The van der Waals surface area contributed by atoms with Crippen LogP contribution in [0.15, 0.2) is 0 Å². The molecule has 0 saturated carbocycles. The monoisotopic (exact) mass is 242 g/mol. The van der Waals surface area contributed by atoms with Crippen molar-refractivity contribution in [1.82, 2.24) is 5.32 Å². The first-order valence-electron chi connectivity index (χ1n) is 6.62. The lowest BCUT2D eigenvalue weighted by Crippen LogP contribution is -2.51. The number of nitrogens with two attached hydrogens (primary N) is 1. The van der Waals surface area contributed by atoms with E-state index in [0.717, 1.165) is 19.3 Å². The summed E-state index contributed by atoms with van der Waals surface area (Å²) in [5.74, 6) is 0.564. The molecule has 1 aliphatic heterocycles. The molecule has 4 heteroatoms. The SMILES string of the molecule is CCC(C)(CCN)NC(=O)C1CCOCC1C. The van der Waals surface area contributed by atoms with Crippen molar-refractivity contribution in [3.05, 3.63) is 0 Å². The van der Waals surface area contributed by atoms with Gasteiger partial charge in [0.15, 0.2) is 0 Å². The van der Waals surface area contributed by atoms with E-state index < -0.39 is 0 Å². The minimum absolute atomic E-state index is 0.0902. The molecule has 3 atom stereocenters. The second-order valence-corrected chi connectivity index (χ2v) is 5.39. The number of rotatable bonds is 5. The molecule has 3 unspecified atom stereocenters. The average Bonchev–Trinajstić information content (AvgIpc) is 2.29. The van der Waals surface area contributed by atoms with Crippen LogP contribution in [-0.2, 0) is 9.53 Å². The topological polar surface area (TPSA) is 64.3 Å². The molecule has 100 valence electrons. The first kappa shape index (κ1) is 14.5. The van der Waals surface area contributed by atoms with E-state index in [1.165, 1.54) is 0 Å². The van der Waals surface area contributed by atoms with Crippen LogP contribution in [0.4, 0.5) is 0 Å². The van der Waals surface area contributed by atoms with Crippen molar-refractivity contribution < 1.29 is 9.53 Å². The highest BCUT2D eigenvalue weighted by Gasteiger charge is 2.32. The van der Waals surface area contributed by atoms with E-state index in [9.17, 15) is 4.79 Å². The zero-order valence-electron chi connectivity index (χ0n) is 11.3. The maximum atomic E-state index is 12.3. The van der Waals surface area contributed by atoms with Gasteiger partial charge in [0.05, 0.1) is 0 Å². The van der Waals surface area contributed by atoms with Gasteiger partial charge in [-0.05, 0) is 38.6 Å². The third-order valence-corrected chi connectivity index (χ3v) is 3.88. The molecule has 3 N–H and O–H groups in total. The summed E-state index contributed by atoms with van der Waals surface area (Å²) in [6.45, 7) is 8.23. The minimum Gasteiger partial charge on any atom is -0.381 e. The molecule has 0 spiro atoms. The molecule has 1 aliphatic rings. The summed E-state index contributed by atoms with van der Waals surface area (Å²) < 4.78 is 5.37. The highest BCUT2D eigenvalue weighted by molar-refractivity contribution is 5.79. The van der Waals surface area contributed by atoms with Crippen LogP contribution >= 0.6 is 0 Å². The van der Waals surface area contributed by atoms with Crippen LogP contribution in [0.5, 0.6) is 0 Å². The number of hydrogen-bond donors (Lipinski definition) is 2. The van der Waals surface area contributed by atoms with E-state index in [4.69, 9.17) is 10.5 Å². The van der Waals surface area contributed by atoms with Gasteiger partial charge >= 0.3 is 0 Å². The highest BCUT2D eigenvalue weighted by atomic mass is 16.5. The molecular weight excluding hydrogens is 216 g/mol. The van der Waals surface area contributed by atoms with Crippen molar-refractivity contribution in [2.45, 2.75) is 45.6 Å². The van der Waals surface area contributed by atoms with E-state index in [2.05, 4.69) is 26.1 Å². The van der Waals surface area contributed by atoms with Gasteiger partial charge in [0.2, 0.25) is 5.91 Å². The fourth-order valence-corrected chi connectivity index (χ4v) is 2.31. The van der Waals surface area contributed by atoms with Gasteiger partial charge in [-0.1, -0.05) is 13.8 Å². The first-order chi connectivity index (χ1) is 8.02. The lowest BCUT2D eigenvalue weighted by Gasteiger charge is -2.34. The molecule has 1 amide bonds.